The molecule has 3 aromatic carbocycles. The van der Waals surface area contributed by atoms with E-state index in [1.54, 1.807) is 12.3 Å². The van der Waals surface area contributed by atoms with Crippen LogP contribution in [0.4, 0.5) is 0 Å². The molecule has 154 valence electrons. The number of amides is 1. The number of hydrogen-bond donors (Lipinski definition) is 1. The maximum atomic E-state index is 12.8. The van der Waals surface area contributed by atoms with Crippen molar-refractivity contribution in [1.29, 1.82) is 0 Å². The Labute approximate surface area is 189 Å². The van der Waals surface area contributed by atoms with Crippen LogP contribution < -0.4 is 5.43 Å². The number of hydrazone groups is 1. The van der Waals surface area contributed by atoms with Gasteiger partial charge in [0, 0.05) is 10.0 Å². The maximum absolute atomic E-state index is 12.8. The second kappa shape index (κ2) is 9.10. The van der Waals surface area contributed by atoms with E-state index in [0.717, 1.165) is 32.5 Å². The first-order valence-corrected chi connectivity index (χ1v) is 10.6. The molecule has 1 heterocycles. The molecule has 4 aromatic rings. The Bertz CT molecular complexity index is 1260. The molecule has 0 radical (unpaired) electrons. The maximum Gasteiger partial charge on any atom is 0.291 e. The minimum absolute atomic E-state index is 0.297. The molecule has 5 nitrogen and oxygen atoms in total. The number of hydrogen-bond acceptors (Lipinski definition) is 3. The van der Waals surface area contributed by atoms with Gasteiger partial charge in [-0.2, -0.15) is 10.2 Å². The Hall–Kier alpha value is -3.51. The van der Waals surface area contributed by atoms with Crippen molar-refractivity contribution in [2.45, 2.75) is 13.8 Å². The third-order valence-electron chi connectivity index (χ3n) is 4.86. The summed E-state index contributed by atoms with van der Waals surface area (Å²) in [6.45, 7) is 4.07. The predicted octanol–water partition coefficient (Wildman–Crippen LogP) is 5.68. The van der Waals surface area contributed by atoms with Crippen LogP contribution in [0.15, 0.2) is 88.4 Å². The van der Waals surface area contributed by atoms with Gasteiger partial charge in [-0.05, 0) is 49.2 Å². The summed E-state index contributed by atoms with van der Waals surface area (Å²) in [7, 11) is 0. The fraction of sp³-hybridized carbons (Fsp3) is 0.0800. The molecule has 4 rings (SSSR count). The van der Waals surface area contributed by atoms with Crippen LogP contribution in [0.3, 0.4) is 0 Å². The van der Waals surface area contributed by atoms with Gasteiger partial charge in [0.25, 0.3) is 5.91 Å². The number of aryl methyl sites for hydroxylation is 2. The van der Waals surface area contributed by atoms with E-state index >= 15 is 0 Å². The van der Waals surface area contributed by atoms with E-state index < -0.39 is 0 Å². The summed E-state index contributed by atoms with van der Waals surface area (Å²) < 4.78 is 2.76. The van der Waals surface area contributed by atoms with Crippen molar-refractivity contribution < 1.29 is 4.79 Å². The number of nitrogens with one attached hydrogen (secondary N) is 1. The fourth-order valence-electron chi connectivity index (χ4n) is 3.22. The molecule has 31 heavy (non-hydrogen) atoms. The topological polar surface area (TPSA) is 59.3 Å². The molecule has 1 aromatic heterocycles. The largest absolute Gasteiger partial charge is 0.291 e. The van der Waals surface area contributed by atoms with Crippen LogP contribution >= 0.6 is 15.9 Å². The molecule has 0 aliphatic heterocycles. The summed E-state index contributed by atoms with van der Waals surface area (Å²) in [5, 5.41) is 8.68. The molecule has 0 saturated carbocycles. The van der Waals surface area contributed by atoms with Crippen molar-refractivity contribution in [3.63, 3.8) is 0 Å². The van der Waals surface area contributed by atoms with Gasteiger partial charge in [0.1, 0.15) is 0 Å². The van der Waals surface area contributed by atoms with Crippen molar-refractivity contribution in [1.82, 2.24) is 15.2 Å². The number of aromatic nitrogens is 2. The molecule has 0 spiro atoms. The van der Waals surface area contributed by atoms with Crippen molar-refractivity contribution in [3.05, 3.63) is 106 Å². The third-order valence-corrected chi connectivity index (χ3v) is 5.35. The first-order valence-electron chi connectivity index (χ1n) is 9.83. The minimum Gasteiger partial charge on any atom is -0.265 e. The molecule has 0 bridgehead atoms. The smallest absolute Gasteiger partial charge is 0.265 e. The predicted molar refractivity (Wildman–Crippen MR) is 128 cm³/mol. The quantitative estimate of drug-likeness (QED) is 0.299. The van der Waals surface area contributed by atoms with Gasteiger partial charge in [-0.25, -0.2) is 10.1 Å². The first kappa shape index (κ1) is 20.8. The standard InChI is InChI=1S/C25H21BrN4O/c1-17-10-12-20(13-11-17)24-15-22(29-30(24)23-9-4-3-6-18(23)2)25(31)28-27-16-19-7-5-8-21(26)14-19/h3-16H,1-2H3,(H,28,31)/b27-16-. The monoisotopic (exact) mass is 472 g/mol. The van der Waals surface area contributed by atoms with Crippen LogP contribution in [0.25, 0.3) is 16.9 Å². The molecule has 1 amide bonds. The Balaban J connectivity index is 1.66. The number of rotatable bonds is 5. The summed E-state index contributed by atoms with van der Waals surface area (Å²) in [6, 6.07) is 25.6. The highest BCUT2D eigenvalue weighted by Crippen LogP contribution is 2.26. The number of nitrogens with zero attached hydrogens (tertiary/aromatic N) is 3. The Kier molecular flexibility index (Phi) is 6.09. The highest BCUT2D eigenvalue weighted by Gasteiger charge is 2.17. The van der Waals surface area contributed by atoms with E-state index in [1.165, 1.54) is 5.56 Å². The van der Waals surface area contributed by atoms with Crippen molar-refractivity contribution in [2.24, 2.45) is 5.10 Å². The molecular formula is C25H21BrN4O. The van der Waals surface area contributed by atoms with Gasteiger partial charge >= 0.3 is 0 Å². The van der Waals surface area contributed by atoms with Crippen LogP contribution in [0.1, 0.15) is 27.2 Å². The van der Waals surface area contributed by atoms with E-state index in [9.17, 15) is 4.79 Å². The lowest BCUT2D eigenvalue weighted by molar-refractivity contribution is 0.0949. The van der Waals surface area contributed by atoms with E-state index in [2.05, 4.69) is 31.6 Å². The summed E-state index contributed by atoms with van der Waals surface area (Å²) in [6.07, 6.45) is 1.60. The van der Waals surface area contributed by atoms with Gasteiger partial charge in [0.15, 0.2) is 5.69 Å². The van der Waals surface area contributed by atoms with E-state index in [1.807, 2.05) is 91.3 Å². The first-order chi connectivity index (χ1) is 15.0. The lowest BCUT2D eigenvalue weighted by atomic mass is 10.1. The summed E-state index contributed by atoms with van der Waals surface area (Å²) in [4.78, 5) is 12.8. The zero-order chi connectivity index (χ0) is 21.8. The van der Waals surface area contributed by atoms with Gasteiger partial charge in [-0.15, -0.1) is 0 Å². The summed E-state index contributed by atoms with van der Waals surface area (Å²) >= 11 is 3.42. The number of carbonyl (C=O) groups excluding carboxylic acids is 1. The Morgan fingerprint density at radius 3 is 2.52 bits per heavy atom. The molecule has 0 fully saturated rings. The van der Waals surface area contributed by atoms with E-state index in [-0.39, 0.29) is 5.91 Å². The van der Waals surface area contributed by atoms with Gasteiger partial charge in [0.2, 0.25) is 0 Å². The third kappa shape index (κ3) is 4.81. The van der Waals surface area contributed by atoms with Gasteiger partial charge in [-0.1, -0.05) is 76.1 Å². The minimum atomic E-state index is -0.369. The van der Waals surface area contributed by atoms with Crippen LogP contribution in [0.5, 0.6) is 0 Å². The SMILES string of the molecule is Cc1ccc(-c2cc(C(=O)N/N=C\c3cccc(Br)c3)nn2-c2ccccc2C)cc1. The lowest BCUT2D eigenvalue weighted by Gasteiger charge is -2.10. The normalized spacial score (nSPS) is 11.1. The second-order valence-corrected chi connectivity index (χ2v) is 8.15. The van der Waals surface area contributed by atoms with Gasteiger partial charge in [0.05, 0.1) is 17.6 Å². The van der Waals surface area contributed by atoms with E-state index in [0.29, 0.717) is 5.69 Å². The Morgan fingerprint density at radius 2 is 1.77 bits per heavy atom. The zero-order valence-corrected chi connectivity index (χ0v) is 18.8. The van der Waals surface area contributed by atoms with Crippen molar-refractivity contribution >= 4 is 28.1 Å². The highest BCUT2D eigenvalue weighted by atomic mass is 79.9. The molecule has 0 aliphatic rings. The number of para-hydroxylation sites is 1. The summed E-state index contributed by atoms with van der Waals surface area (Å²) in [5.74, 6) is -0.369. The second-order valence-electron chi connectivity index (χ2n) is 7.23. The molecule has 0 saturated heterocycles. The number of benzene rings is 3. The van der Waals surface area contributed by atoms with Crippen molar-refractivity contribution in [3.8, 4) is 16.9 Å². The lowest BCUT2D eigenvalue weighted by Crippen LogP contribution is -2.18. The molecule has 1 N–H and O–H groups in total. The van der Waals surface area contributed by atoms with Gasteiger partial charge < -0.3 is 0 Å². The van der Waals surface area contributed by atoms with Crippen LogP contribution in [0, 0.1) is 13.8 Å². The zero-order valence-electron chi connectivity index (χ0n) is 17.2. The highest BCUT2D eigenvalue weighted by molar-refractivity contribution is 9.10. The number of halogens is 1. The molecule has 0 aliphatic carbocycles. The van der Waals surface area contributed by atoms with Crippen LogP contribution in [0.2, 0.25) is 0 Å². The molecule has 0 atom stereocenters. The Morgan fingerprint density at radius 1 is 1.00 bits per heavy atom. The van der Waals surface area contributed by atoms with E-state index in [4.69, 9.17) is 0 Å². The average molecular weight is 473 g/mol. The fourth-order valence-corrected chi connectivity index (χ4v) is 3.63. The van der Waals surface area contributed by atoms with Crippen LogP contribution in [-0.2, 0) is 0 Å². The van der Waals surface area contributed by atoms with Crippen LogP contribution in [-0.4, -0.2) is 21.9 Å². The average Bonchev–Trinajstić information content (AvgIpc) is 3.20. The molecule has 0 unspecified atom stereocenters. The molecule has 6 heteroatoms. The molecular weight excluding hydrogens is 452 g/mol. The van der Waals surface area contributed by atoms with Gasteiger partial charge in [-0.3, -0.25) is 4.79 Å². The number of carbonyl (C=O) groups is 1. The summed E-state index contributed by atoms with van der Waals surface area (Å²) in [5.41, 5.74) is 8.74. The van der Waals surface area contributed by atoms with Crippen molar-refractivity contribution in [2.75, 3.05) is 0 Å².